The highest BCUT2D eigenvalue weighted by atomic mass is 16.2. The first-order chi connectivity index (χ1) is 17.1. The van der Waals surface area contributed by atoms with Gasteiger partial charge in [-0.15, -0.1) is 13.2 Å². The second-order valence-corrected chi connectivity index (χ2v) is 14.9. The molecule has 0 radical (unpaired) electrons. The Hall–Kier alpha value is -2.11. The Morgan fingerprint density at radius 3 is 1.11 bits per heavy atom. The minimum Gasteiger partial charge on any atom is -0.247 e. The third-order valence-corrected chi connectivity index (χ3v) is 9.07. The van der Waals surface area contributed by atoms with Crippen molar-refractivity contribution < 1.29 is 0 Å². The minimum atomic E-state index is -0.486. The highest BCUT2D eigenvalue weighted by Gasteiger charge is 2.46. The van der Waals surface area contributed by atoms with Gasteiger partial charge in [-0.1, -0.05) is 88.3 Å². The lowest BCUT2D eigenvalue weighted by atomic mass is 9.53. The maximum absolute atomic E-state index is 13.4. The molecular weight excluding hydrogens is 474 g/mol. The van der Waals surface area contributed by atoms with E-state index in [1.165, 1.54) is 13.7 Å². The van der Waals surface area contributed by atoms with Gasteiger partial charge in [0.2, 0.25) is 0 Å². The molecule has 0 atom stereocenters. The highest BCUT2D eigenvalue weighted by molar-refractivity contribution is 5.14. The number of rotatable bonds is 14. The van der Waals surface area contributed by atoms with Crippen molar-refractivity contribution in [1.29, 1.82) is 0 Å². The van der Waals surface area contributed by atoms with E-state index in [1.54, 1.807) is 0 Å². The Balaban J connectivity index is 3.36. The smallest absolute Gasteiger partial charge is 0.247 e. The molecule has 0 fully saturated rings. The van der Waals surface area contributed by atoms with E-state index >= 15 is 0 Å². The summed E-state index contributed by atoms with van der Waals surface area (Å²) in [7, 11) is 0. The Bertz CT molecular complexity index is 1060. The van der Waals surface area contributed by atoms with Gasteiger partial charge >= 0.3 is 17.1 Å². The maximum Gasteiger partial charge on any atom is 0.336 e. The van der Waals surface area contributed by atoms with E-state index in [0.717, 1.165) is 19.3 Å². The average molecular weight is 532 g/mol. The molecule has 218 valence electrons. The van der Waals surface area contributed by atoms with Crippen molar-refractivity contribution >= 4 is 0 Å². The Labute approximate surface area is 231 Å². The van der Waals surface area contributed by atoms with Crippen molar-refractivity contribution in [2.24, 2.45) is 27.1 Å². The number of aromatic nitrogens is 3. The molecule has 1 heterocycles. The molecule has 0 saturated heterocycles. The van der Waals surface area contributed by atoms with Gasteiger partial charge in [-0.3, -0.25) is 0 Å². The summed E-state index contributed by atoms with van der Waals surface area (Å²) in [6.45, 7) is 32.9. The molecule has 0 bridgehead atoms. The van der Waals surface area contributed by atoms with Crippen LogP contribution in [0.5, 0.6) is 0 Å². The van der Waals surface area contributed by atoms with Crippen LogP contribution in [-0.2, 0) is 19.6 Å². The lowest BCUT2D eigenvalue weighted by Crippen LogP contribution is -2.54. The van der Waals surface area contributed by atoms with E-state index < -0.39 is 17.1 Å². The molecule has 1 aromatic rings. The van der Waals surface area contributed by atoms with Crippen molar-refractivity contribution in [3.8, 4) is 0 Å². The number of hydrogen-bond donors (Lipinski definition) is 0. The normalized spacial score (nSPS) is 13.6. The van der Waals surface area contributed by atoms with Gasteiger partial charge in [-0.2, -0.15) is 0 Å². The fraction of sp³-hybridized carbons (Fsp3) is 0.781. The Kier molecular flexibility index (Phi) is 11.1. The zero-order chi connectivity index (χ0) is 29.7. The molecule has 1 rings (SSSR count). The molecule has 0 amide bonds. The molecular formula is C32H57N3O3. The fourth-order valence-electron chi connectivity index (χ4n) is 5.11. The quantitative estimate of drug-likeness (QED) is 0.242. The van der Waals surface area contributed by atoms with E-state index in [4.69, 9.17) is 0 Å². The van der Waals surface area contributed by atoms with Crippen molar-refractivity contribution in [2.75, 3.05) is 0 Å². The van der Waals surface area contributed by atoms with Crippen LogP contribution in [-0.4, -0.2) is 13.7 Å². The molecule has 0 aliphatic heterocycles. The van der Waals surface area contributed by atoms with Gasteiger partial charge in [-0.05, 0) is 60.2 Å². The van der Waals surface area contributed by atoms with E-state index in [1.807, 2.05) is 12.2 Å². The molecule has 0 aliphatic carbocycles. The molecule has 1 aromatic heterocycles. The van der Waals surface area contributed by atoms with Crippen molar-refractivity contribution in [2.45, 2.75) is 134 Å². The van der Waals surface area contributed by atoms with E-state index in [0.29, 0.717) is 32.4 Å². The van der Waals surface area contributed by atoms with Crippen LogP contribution in [0.1, 0.15) is 115 Å². The summed E-state index contributed by atoms with van der Waals surface area (Å²) in [5, 5.41) is 0. The Morgan fingerprint density at radius 2 is 0.842 bits per heavy atom. The summed E-state index contributed by atoms with van der Waals surface area (Å²) >= 11 is 0. The molecule has 0 N–H and O–H groups in total. The van der Waals surface area contributed by atoms with Gasteiger partial charge in [0.15, 0.2) is 0 Å². The summed E-state index contributed by atoms with van der Waals surface area (Å²) in [4.78, 5) is 40.2. The minimum absolute atomic E-state index is 0.105. The maximum atomic E-state index is 13.4. The van der Waals surface area contributed by atoms with Crippen LogP contribution in [0.4, 0.5) is 0 Å². The lowest BCUT2D eigenvalue weighted by molar-refractivity contribution is 0.0187. The first-order valence-corrected chi connectivity index (χ1v) is 14.4. The van der Waals surface area contributed by atoms with E-state index in [2.05, 4.69) is 89.3 Å². The van der Waals surface area contributed by atoms with Crippen molar-refractivity contribution in [3.63, 3.8) is 0 Å². The predicted octanol–water partition coefficient (Wildman–Crippen LogP) is 7.04. The lowest BCUT2D eigenvalue weighted by Gasteiger charge is -2.51. The SMILES string of the molecule is C=CC(C)(C=C)C(C)(C)C(C)(C)CCCn1c(=O)n(CCCC(C)(C)C)c(=O)n(CCCC(C)(C)C)c1=O. The summed E-state index contributed by atoms with van der Waals surface area (Å²) in [6.07, 6.45) is 8.55. The van der Waals surface area contributed by atoms with Gasteiger partial charge in [0.25, 0.3) is 0 Å². The van der Waals surface area contributed by atoms with Gasteiger partial charge in [0, 0.05) is 25.0 Å². The van der Waals surface area contributed by atoms with Crippen LogP contribution >= 0.6 is 0 Å². The van der Waals surface area contributed by atoms with Gasteiger partial charge < -0.3 is 0 Å². The van der Waals surface area contributed by atoms with E-state index in [9.17, 15) is 14.4 Å². The van der Waals surface area contributed by atoms with Crippen LogP contribution < -0.4 is 17.1 Å². The third-order valence-electron chi connectivity index (χ3n) is 9.07. The molecule has 6 heteroatoms. The first kappa shape index (κ1) is 33.9. The Morgan fingerprint density at radius 1 is 0.553 bits per heavy atom. The van der Waals surface area contributed by atoms with Gasteiger partial charge in [0.1, 0.15) is 0 Å². The summed E-state index contributed by atoms with van der Waals surface area (Å²) in [5.74, 6) is 0. The predicted molar refractivity (Wildman–Crippen MR) is 162 cm³/mol. The molecule has 0 spiro atoms. The van der Waals surface area contributed by atoms with Crippen LogP contribution in [0, 0.1) is 27.1 Å². The van der Waals surface area contributed by atoms with Gasteiger partial charge in [0.05, 0.1) is 0 Å². The monoisotopic (exact) mass is 531 g/mol. The molecule has 38 heavy (non-hydrogen) atoms. The molecule has 6 nitrogen and oxygen atoms in total. The van der Waals surface area contributed by atoms with Crippen LogP contribution in [0.25, 0.3) is 0 Å². The van der Waals surface area contributed by atoms with Crippen molar-refractivity contribution in [3.05, 3.63) is 56.8 Å². The summed E-state index contributed by atoms with van der Waals surface area (Å²) in [6, 6.07) is 0. The summed E-state index contributed by atoms with van der Waals surface area (Å²) < 4.78 is 3.86. The van der Waals surface area contributed by atoms with Crippen LogP contribution in [0.3, 0.4) is 0 Å². The zero-order valence-corrected chi connectivity index (χ0v) is 26.5. The van der Waals surface area contributed by atoms with E-state index in [-0.39, 0.29) is 33.6 Å². The topological polar surface area (TPSA) is 66.0 Å². The van der Waals surface area contributed by atoms with Gasteiger partial charge in [-0.25, -0.2) is 28.1 Å². The zero-order valence-electron chi connectivity index (χ0n) is 26.5. The second-order valence-electron chi connectivity index (χ2n) is 14.9. The average Bonchev–Trinajstić information content (AvgIpc) is 2.78. The summed E-state index contributed by atoms with van der Waals surface area (Å²) in [5.41, 5.74) is -1.80. The highest BCUT2D eigenvalue weighted by Crippen LogP contribution is 2.54. The van der Waals surface area contributed by atoms with Crippen LogP contribution in [0.15, 0.2) is 39.7 Å². The molecule has 0 aliphatic rings. The first-order valence-electron chi connectivity index (χ1n) is 14.4. The number of allylic oxidation sites excluding steroid dienone is 2. The fourth-order valence-corrected chi connectivity index (χ4v) is 5.11. The second kappa shape index (κ2) is 12.4. The standard InChI is InChI=1S/C32H57N3O3/c1-14-32(13,15-2)31(11,12)30(9,10)21-18-24-35-26(37)33(22-16-19-28(3,4)5)25(36)34(27(35)38)23-17-20-29(6,7)8/h14-15H,1-2,16-24H2,3-13H3. The largest absolute Gasteiger partial charge is 0.336 e. The number of nitrogens with zero attached hydrogens (tertiary/aromatic N) is 3. The molecule has 0 aromatic carbocycles. The third kappa shape index (κ3) is 8.19. The number of hydrogen-bond acceptors (Lipinski definition) is 3. The molecule has 0 saturated carbocycles. The van der Waals surface area contributed by atoms with Crippen molar-refractivity contribution in [1.82, 2.24) is 13.7 Å². The molecule has 0 unspecified atom stereocenters. The van der Waals surface area contributed by atoms with Crippen LogP contribution in [0.2, 0.25) is 0 Å².